The molecular formula is C4H5NO. The summed E-state index contributed by atoms with van der Waals surface area (Å²) in [7, 11) is 0. The van der Waals surface area contributed by atoms with Gasteiger partial charge in [-0.05, 0) is 6.08 Å². The minimum absolute atomic E-state index is 0.162. The van der Waals surface area contributed by atoms with Crippen molar-refractivity contribution in [3.05, 3.63) is 12.3 Å². The molecule has 1 rings (SSSR count). The summed E-state index contributed by atoms with van der Waals surface area (Å²) in [4.78, 5) is 10.1. The summed E-state index contributed by atoms with van der Waals surface area (Å²) in [5, 5.41) is 2.74. The first-order chi connectivity index (χ1) is 2.89. The van der Waals surface area contributed by atoms with Crippen LogP contribution in [0.15, 0.2) is 12.3 Å². The fourth-order valence-corrected chi connectivity index (χ4v) is 0.370. The molecule has 0 aromatic carbocycles. The average Bonchev–Trinajstić information content (AvgIpc) is 1.86. The Bertz CT molecular complexity index is 95.7. The highest BCUT2D eigenvalue weighted by Crippen LogP contribution is 1.79. The molecule has 0 spiro atoms. The molecule has 1 aliphatic heterocycles. The molecule has 0 radical (unpaired) electrons. The molecule has 0 amide bonds. The highest BCUT2D eigenvalue weighted by Gasteiger charge is 1.96. The number of rotatable bonds is 0. The molecule has 0 aliphatic carbocycles. The second-order valence-electron chi connectivity index (χ2n) is 1.18. The van der Waals surface area contributed by atoms with Crippen molar-refractivity contribution in [2.24, 2.45) is 0 Å². The van der Waals surface area contributed by atoms with E-state index in [2.05, 4.69) is 5.32 Å². The van der Waals surface area contributed by atoms with Gasteiger partial charge in [0.25, 0.3) is 0 Å². The minimum Gasteiger partial charge on any atom is -0.383 e. The molecule has 0 saturated carbocycles. The van der Waals surface area contributed by atoms with Crippen LogP contribution in [0.1, 0.15) is 0 Å². The third-order valence-corrected chi connectivity index (χ3v) is 0.663. The van der Waals surface area contributed by atoms with Crippen LogP contribution in [0.3, 0.4) is 0 Å². The quantitative estimate of drug-likeness (QED) is 0.434. The molecule has 1 aliphatic rings. The Balaban J connectivity index is 2.59. The van der Waals surface area contributed by atoms with Crippen molar-refractivity contribution in [2.75, 3.05) is 6.54 Å². The molecule has 6 heavy (non-hydrogen) atoms. The van der Waals surface area contributed by atoms with Crippen molar-refractivity contribution in [2.45, 2.75) is 0 Å². The fraction of sp³-hybridized carbons (Fsp3) is 0.250. The van der Waals surface area contributed by atoms with Gasteiger partial charge in [-0.15, -0.1) is 0 Å². The van der Waals surface area contributed by atoms with Gasteiger partial charge >= 0.3 is 0 Å². The van der Waals surface area contributed by atoms with Crippen LogP contribution in [-0.2, 0) is 4.79 Å². The summed E-state index contributed by atoms with van der Waals surface area (Å²) in [5.74, 6) is 0.162. The van der Waals surface area contributed by atoms with Gasteiger partial charge in [-0.3, -0.25) is 4.79 Å². The molecule has 0 aromatic rings. The first kappa shape index (κ1) is 3.40. The number of hydrogen-bond donors (Lipinski definition) is 1. The van der Waals surface area contributed by atoms with E-state index >= 15 is 0 Å². The number of carbonyl (C=O) groups excluding carboxylic acids is 1. The maximum Gasteiger partial charge on any atom is 0.176 e. The maximum absolute atomic E-state index is 10.1. The monoisotopic (exact) mass is 83.0 g/mol. The van der Waals surface area contributed by atoms with Gasteiger partial charge in [0.15, 0.2) is 5.78 Å². The van der Waals surface area contributed by atoms with Gasteiger partial charge in [0.1, 0.15) is 0 Å². The molecule has 0 unspecified atom stereocenters. The molecular weight excluding hydrogens is 78.0 g/mol. The van der Waals surface area contributed by atoms with Crippen LogP contribution < -0.4 is 5.32 Å². The minimum atomic E-state index is 0.162. The van der Waals surface area contributed by atoms with Crippen LogP contribution in [0.5, 0.6) is 0 Å². The average molecular weight is 83.1 g/mol. The summed E-state index contributed by atoms with van der Waals surface area (Å²) in [6.07, 6.45) is 3.18. The van der Waals surface area contributed by atoms with Crippen molar-refractivity contribution in [3.8, 4) is 0 Å². The van der Waals surface area contributed by atoms with E-state index in [4.69, 9.17) is 0 Å². The lowest BCUT2D eigenvalue weighted by Crippen LogP contribution is -2.06. The summed E-state index contributed by atoms with van der Waals surface area (Å²) in [6, 6.07) is 0. The lowest BCUT2D eigenvalue weighted by molar-refractivity contribution is -0.113. The van der Waals surface area contributed by atoms with E-state index in [-0.39, 0.29) is 5.78 Å². The van der Waals surface area contributed by atoms with Gasteiger partial charge < -0.3 is 5.32 Å². The van der Waals surface area contributed by atoms with E-state index in [1.54, 1.807) is 6.20 Å². The predicted octanol–water partition coefficient (Wildman–Crippen LogP) is -0.328. The molecule has 2 nitrogen and oxygen atoms in total. The third-order valence-electron chi connectivity index (χ3n) is 0.663. The van der Waals surface area contributed by atoms with Crippen molar-refractivity contribution < 1.29 is 4.79 Å². The third kappa shape index (κ3) is 0.407. The fourth-order valence-electron chi connectivity index (χ4n) is 0.370. The van der Waals surface area contributed by atoms with Gasteiger partial charge in [-0.1, -0.05) is 0 Å². The van der Waals surface area contributed by atoms with Crippen LogP contribution in [-0.4, -0.2) is 12.3 Å². The van der Waals surface area contributed by atoms with E-state index in [1.165, 1.54) is 6.08 Å². The van der Waals surface area contributed by atoms with Crippen LogP contribution in [0.2, 0.25) is 0 Å². The molecule has 1 N–H and O–H groups in total. The predicted molar refractivity (Wildman–Crippen MR) is 22.1 cm³/mol. The topological polar surface area (TPSA) is 29.1 Å². The van der Waals surface area contributed by atoms with Crippen molar-refractivity contribution in [1.29, 1.82) is 0 Å². The van der Waals surface area contributed by atoms with Crippen LogP contribution in [0.25, 0.3) is 0 Å². The summed E-state index contributed by atoms with van der Waals surface area (Å²) in [5.41, 5.74) is 0. The Hall–Kier alpha value is -0.790. The number of hydrogen-bond acceptors (Lipinski definition) is 2. The molecule has 0 bridgehead atoms. The number of nitrogens with one attached hydrogen (secondary N) is 1. The van der Waals surface area contributed by atoms with Crippen LogP contribution >= 0.6 is 0 Å². The van der Waals surface area contributed by atoms with E-state index < -0.39 is 0 Å². The van der Waals surface area contributed by atoms with Crippen molar-refractivity contribution in [3.63, 3.8) is 0 Å². The Morgan fingerprint density at radius 3 is 2.83 bits per heavy atom. The van der Waals surface area contributed by atoms with Crippen LogP contribution in [0.4, 0.5) is 0 Å². The van der Waals surface area contributed by atoms with Gasteiger partial charge in [-0.2, -0.15) is 0 Å². The summed E-state index contributed by atoms with van der Waals surface area (Å²) in [6.45, 7) is 0.486. The Morgan fingerprint density at radius 1 is 1.83 bits per heavy atom. The molecule has 2 heteroatoms. The molecule has 0 aromatic heterocycles. The van der Waals surface area contributed by atoms with E-state index in [0.717, 1.165) is 0 Å². The zero-order chi connectivity index (χ0) is 4.41. The molecule has 0 saturated heterocycles. The highest BCUT2D eigenvalue weighted by atomic mass is 16.1. The van der Waals surface area contributed by atoms with Crippen LogP contribution in [0, 0.1) is 0 Å². The zero-order valence-electron chi connectivity index (χ0n) is 3.27. The smallest absolute Gasteiger partial charge is 0.176 e. The zero-order valence-corrected chi connectivity index (χ0v) is 3.27. The van der Waals surface area contributed by atoms with E-state index in [0.29, 0.717) is 6.54 Å². The van der Waals surface area contributed by atoms with Gasteiger partial charge in [0, 0.05) is 6.20 Å². The largest absolute Gasteiger partial charge is 0.383 e. The second-order valence-corrected chi connectivity index (χ2v) is 1.18. The first-order valence-electron chi connectivity index (χ1n) is 1.82. The van der Waals surface area contributed by atoms with Gasteiger partial charge in [0.2, 0.25) is 0 Å². The van der Waals surface area contributed by atoms with Gasteiger partial charge in [0.05, 0.1) is 6.54 Å². The van der Waals surface area contributed by atoms with Crippen molar-refractivity contribution in [1.82, 2.24) is 5.32 Å². The molecule has 32 valence electrons. The Labute approximate surface area is 35.9 Å². The highest BCUT2D eigenvalue weighted by molar-refractivity contribution is 5.93. The van der Waals surface area contributed by atoms with Crippen molar-refractivity contribution >= 4 is 5.78 Å². The van der Waals surface area contributed by atoms with E-state index in [9.17, 15) is 4.79 Å². The van der Waals surface area contributed by atoms with Gasteiger partial charge in [-0.25, -0.2) is 0 Å². The maximum atomic E-state index is 10.1. The summed E-state index contributed by atoms with van der Waals surface area (Å²) < 4.78 is 0. The normalized spacial score (nSPS) is 18.3. The first-order valence-corrected chi connectivity index (χ1v) is 1.82. The second kappa shape index (κ2) is 1.12. The lowest BCUT2D eigenvalue weighted by Gasteiger charge is -1.78. The molecule has 0 atom stereocenters. The standard InChI is InChI=1S/C4H5NO/c6-4-1-2-5-3-4/h1-2,5H,3H2. The lowest BCUT2D eigenvalue weighted by atomic mass is 10.4. The van der Waals surface area contributed by atoms with E-state index in [1.807, 2.05) is 0 Å². The molecule has 0 fully saturated rings. The summed E-state index contributed by atoms with van der Waals surface area (Å²) >= 11 is 0. The molecule has 1 heterocycles. The number of ketones is 1. The Kier molecular flexibility index (Phi) is 0.638. The number of carbonyl (C=O) groups is 1. The Morgan fingerprint density at radius 2 is 2.67 bits per heavy atom. The SMILES string of the molecule is O=C1C=CNC1.